The molecule has 2 aromatic heterocycles. The molecule has 0 aliphatic carbocycles. The molecule has 1 N–H and O–H groups in total. The van der Waals surface area contributed by atoms with Gasteiger partial charge >= 0.3 is 5.97 Å². The molecule has 0 saturated heterocycles. The number of para-hydroxylation sites is 1. The first-order chi connectivity index (χ1) is 23.9. The van der Waals surface area contributed by atoms with Gasteiger partial charge in [-0.05, 0) is 41.8 Å². The zero-order chi connectivity index (χ0) is 34.2. The van der Waals surface area contributed by atoms with Crippen molar-refractivity contribution in [3.63, 3.8) is 0 Å². The molecule has 0 bridgehead atoms. The molecular formula is C38H35ClN4O4S2. The van der Waals surface area contributed by atoms with Crippen LogP contribution in [-0.4, -0.2) is 42.1 Å². The first-order valence-corrected chi connectivity index (χ1v) is 18.7. The van der Waals surface area contributed by atoms with Crippen LogP contribution in [0.2, 0.25) is 0 Å². The van der Waals surface area contributed by atoms with Crippen molar-refractivity contribution in [2.75, 3.05) is 28.4 Å². The molecule has 8 nitrogen and oxygen atoms in total. The van der Waals surface area contributed by atoms with Crippen LogP contribution in [0.1, 0.15) is 27.9 Å². The predicted molar refractivity (Wildman–Crippen MR) is 200 cm³/mol. The maximum atomic E-state index is 14.9. The van der Waals surface area contributed by atoms with Gasteiger partial charge in [0.2, 0.25) is 0 Å². The minimum Gasteiger partial charge on any atom is -0.465 e. The number of hydrogen-bond acceptors (Lipinski definition) is 8. The Bertz CT molecular complexity index is 2100. The molecule has 4 aromatic carbocycles. The number of halogens is 1. The Morgan fingerprint density at radius 1 is 0.878 bits per heavy atom. The highest BCUT2D eigenvalue weighted by molar-refractivity contribution is 8.00. The highest BCUT2D eigenvalue weighted by atomic mass is 35.5. The van der Waals surface area contributed by atoms with Crippen molar-refractivity contribution in [2.45, 2.75) is 24.4 Å². The number of carbonyl (C=O) groups excluding carboxylic acids is 1. The van der Waals surface area contributed by atoms with Crippen LogP contribution in [0.15, 0.2) is 132 Å². The number of ether oxygens (including phenoxy) is 1. The van der Waals surface area contributed by atoms with Gasteiger partial charge in [0.15, 0.2) is 5.82 Å². The van der Waals surface area contributed by atoms with Gasteiger partial charge in [-0.3, -0.25) is 0 Å². The van der Waals surface area contributed by atoms with Crippen molar-refractivity contribution in [1.82, 2.24) is 8.96 Å². The summed E-state index contributed by atoms with van der Waals surface area (Å²) in [4.78, 5) is 20.3. The van der Waals surface area contributed by atoms with E-state index >= 15 is 0 Å². The van der Waals surface area contributed by atoms with Gasteiger partial charge in [0, 0.05) is 41.9 Å². The summed E-state index contributed by atoms with van der Waals surface area (Å²) in [7, 11) is -2.95. The summed E-state index contributed by atoms with van der Waals surface area (Å²) in [6, 6.07) is 37.4. The van der Waals surface area contributed by atoms with Crippen molar-refractivity contribution in [1.29, 1.82) is 0 Å². The van der Waals surface area contributed by atoms with Gasteiger partial charge in [0.1, 0.15) is 5.52 Å². The van der Waals surface area contributed by atoms with Crippen LogP contribution >= 0.6 is 23.5 Å². The number of carbonyl (C=O) groups is 1. The number of hydrogen-bond donors (Lipinski definition) is 1. The van der Waals surface area contributed by atoms with E-state index in [9.17, 15) is 13.2 Å². The third kappa shape index (κ3) is 7.46. The maximum absolute atomic E-state index is 14.9. The lowest BCUT2D eigenvalue weighted by Crippen LogP contribution is -2.25. The molecule has 0 atom stereocenters. The van der Waals surface area contributed by atoms with Crippen LogP contribution in [0.25, 0.3) is 22.2 Å². The van der Waals surface area contributed by atoms with Crippen LogP contribution in [0.5, 0.6) is 0 Å². The topological polar surface area (TPSA) is 93.5 Å². The van der Waals surface area contributed by atoms with Crippen LogP contribution in [0.4, 0.5) is 11.5 Å². The Morgan fingerprint density at radius 3 is 2.08 bits per heavy atom. The highest BCUT2D eigenvalue weighted by Crippen LogP contribution is 2.41. The SMILES string of the molecule is COC(=O)c1cnc(N(Cc2ccccc2)Cc2ccccc2)c2c1cc(-c1ccccc1NSCCCCl)n2S(=O)(=O)c1ccccc1. The van der Waals surface area contributed by atoms with E-state index in [0.29, 0.717) is 47.1 Å². The monoisotopic (exact) mass is 710 g/mol. The zero-order valence-electron chi connectivity index (χ0n) is 26.8. The van der Waals surface area contributed by atoms with E-state index in [-0.39, 0.29) is 16.0 Å². The summed E-state index contributed by atoms with van der Waals surface area (Å²) < 4.78 is 39.7. The fraction of sp³-hybridized carbons (Fsp3) is 0.158. The number of anilines is 2. The first kappa shape index (κ1) is 34.1. The molecule has 6 rings (SSSR count). The summed E-state index contributed by atoms with van der Waals surface area (Å²) in [6.45, 7) is 0.854. The number of pyridine rings is 1. The first-order valence-electron chi connectivity index (χ1n) is 15.7. The third-order valence-electron chi connectivity index (χ3n) is 7.96. The molecule has 0 aliphatic rings. The second-order valence-corrected chi connectivity index (χ2v) is 14.3. The fourth-order valence-electron chi connectivity index (χ4n) is 5.67. The third-order valence-corrected chi connectivity index (χ3v) is 10.8. The standard InChI is InChI=1S/C38H35ClN4O4S2/c1-47-38(44)33-25-40-37(42(26-28-14-5-2-6-15-28)27-29-16-7-3-8-17-29)36-32(33)24-35(43(36)49(45,46)30-18-9-4-10-19-30)31-20-11-12-21-34(31)41-48-23-13-22-39/h2-12,14-21,24-25,41H,13,22-23,26-27H2,1H3. The number of nitrogens with zero attached hydrogens (tertiary/aromatic N) is 3. The molecule has 0 saturated carbocycles. The summed E-state index contributed by atoms with van der Waals surface area (Å²) in [5, 5.41) is 0.405. The lowest BCUT2D eigenvalue weighted by molar-refractivity contribution is 0.0602. The second-order valence-electron chi connectivity index (χ2n) is 11.2. The minimum atomic E-state index is -4.25. The van der Waals surface area contributed by atoms with E-state index in [1.807, 2.05) is 89.8 Å². The number of esters is 1. The lowest BCUT2D eigenvalue weighted by Gasteiger charge is -2.26. The molecular weight excluding hydrogens is 676 g/mol. The Hall–Kier alpha value is -4.77. The van der Waals surface area contributed by atoms with Crippen LogP contribution in [0.3, 0.4) is 0 Å². The van der Waals surface area contributed by atoms with E-state index in [2.05, 4.69) is 4.72 Å². The molecule has 2 heterocycles. The zero-order valence-corrected chi connectivity index (χ0v) is 29.2. The van der Waals surface area contributed by atoms with Gasteiger partial charge in [-0.15, -0.1) is 11.6 Å². The van der Waals surface area contributed by atoms with Crippen LogP contribution in [0, 0.1) is 0 Å². The summed E-state index contributed by atoms with van der Waals surface area (Å²) in [5.74, 6) is 1.08. The Kier molecular flexibility index (Phi) is 10.9. The molecule has 11 heteroatoms. The summed E-state index contributed by atoms with van der Waals surface area (Å²) >= 11 is 7.41. The minimum absolute atomic E-state index is 0.0998. The molecule has 250 valence electrons. The van der Waals surface area contributed by atoms with E-state index in [1.165, 1.54) is 29.2 Å². The number of fused-ring (bicyclic) bond motifs is 1. The van der Waals surface area contributed by atoms with Crippen LogP contribution in [-0.2, 0) is 27.8 Å². The highest BCUT2D eigenvalue weighted by Gasteiger charge is 2.31. The van der Waals surface area contributed by atoms with E-state index in [4.69, 9.17) is 21.3 Å². The molecule has 0 fully saturated rings. The van der Waals surface area contributed by atoms with E-state index in [0.717, 1.165) is 23.3 Å². The number of benzene rings is 4. The molecule has 6 aromatic rings. The van der Waals surface area contributed by atoms with Gasteiger partial charge in [-0.1, -0.05) is 109 Å². The molecule has 0 spiro atoms. The van der Waals surface area contributed by atoms with Crippen molar-refractivity contribution in [2.24, 2.45) is 0 Å². The summed E-state index contributed by atoms with van der Waals surface area (Å²) in [5.41, 5.74) is 4.18. The average Bonchev–Trinajstić information content (AvgIpc) is 3.55. The van der Waals surface area contributed by atoms with Gasteiger partial charge in [-0.25, -0.2) is 22.2 Å². The lowest BCUT2D eigenvalue weighted by atomic mass is 10.1. The molecule has 0 radical (unpaired) electrons. The smallest absolute Gasteiger partial charge is 0.340 e. The van der Waals surface area contributed by atoms with Crippen molar-refractivity contribution in [3.05, 3.63) is 144 Å². The molecule has 0 amide bonds. The molecule has 49 heavy (non-hydrogen) atoms. The van der Waals surface area contributed by atoms with Crippen molar-refractivity contribution in [3.8, 4) is 11.3 Å². The van der Waals surface area contributed by atoms with Gasteiger partial charge in [0.05, 0.1) is 29.0 Å². The summed E-state index contributed by atoms with van der Waals surface area (Å²) in [6.07, 6.45) is 2.28. The quantitative estimate of drug-likeness (QED) is 0.0520. The fourth-order valence-corrected chi connectivity index (χ4v) is 8.23. The normalized spacial score (nSPS) is 11.4. The van der Waals surface area contributed by atoms with Crippen molar-refractivity contribution >= 4 is 61.9 Å². The van der Waals surface area contributed by atoms with Gasteiger partial charge in [-0.2, -0.15) is 0 Å². The maximum Gasteiger partial charge on any atom is 0.340 e. The number of aromatic nitrogens is 2. The van der Waals surface area contributed by atoms with Gasteiger partial charge in [0.25, 0.3) is 10.0 Å². The number of nitrogens with one attached hydrogen (secondary N) is 1. The molecule has 0 aliphatic heterocycles. The van der Waals surface area contributed by atoms with Gasteiger partial charge < -0.3 is 14.4 Å². The number of alkyl halides is 1. The Morgan fingerprint density at radius 2 is 1.47 bits per heavy atom. The number of methoxy groups -OCH3 is 1. The largest absolute Gasteiger partial charge is 0.465 e. The van der Waals surface area contributed by atoms with Crippen molar-refractivity contribution < 1.29 is 17.9 Å². The van der Waals surface area contributed by atoms with E-state index < -0.39 is 16.0 Å². The predicted octanol–water partition coefficient (Wildman–Crippen LogP) is 8.62. The number of rotatable bonds is 14. The average molecular weight is 711 g/mol. The van der Waals surface area contributed by atoms with Crippen LogP contribution < -0.4 is 9.62 Å². The van der Waals surface area contributed by atoms with E-state index in [1.54, 1.807) is 36.4 Å². The Balaban J connectivity index is 1.67. The molecule has 0 unspecified atom stereocenters. The second kappa shape index (κ2) is 15.6. The Labute approximate surface area is 295 Å².